The minimum absolute atomic E-state index is 0.216. The Balaban J connectivity index is 1.40. The third-order valence-corrected chi connectivity index (χ3v) is 8.40. The molecule has 1 atom stereocenters. The topological polar surface area (TPSA) is 77.0 Å². The number of likely N-dealkylation sites (tertiary alicyclic amines) is 1. The van der Waals surface area contributed by atoms with Crippen LogP contribution in [0.25, 0.3) is 10.9 Å². The maximum atomic E-state index is 13.6. The highest BCUT2D eigenvalue weighted by molar-refractivity contribution is 5.83. The van der Waals surface area contributed by atoms with Gasteiger partial charge >= 0.3 is 0 Å². The van der Waals surface area contributed by atoms with Gasteiger partial charge in [-0.2, -0.15) is 0 Å². The lowest BCUT2D eigenvalue weighted by Crippen LogP contribution is -2.40. The molecule has 2 saturated heterocycles. The molecule has 1 N–H and O–H groups in total. The molecular formula is C30H42N4O3. The van der Waals surface area contributed by atoms with Gasteiger partial charge in [-0.1, -0.05) is 25.0 Å². The zero-order valence-corrected chi connectivity index (χ0v) is 22.3. The summed E-state index contributed by atoms with van der Waals surface area (Å²) in [5.74, 6) is 1.84. The van der Waals surface area contributed by atoms with Crippen molar-refractivity contribution in [3.05, 3.63) is 35.4 Å². The fourth-order valence-corrected chi connectivity index (χ4v) is 6.33. The number of piperidine rings is 1. The van der Waals surface area contributed by atoms with Crippen molar-refractivity contribution in [2.24, 2.45) is 5.92 Å². The molecule has 0 bridgehead atoms. The summed E-state index contributed by atoms with van der Waals surface area (Å²) in [6, 6.07) is 8.52. The summed E-state index contributed by atoms with van der Waals surface area (Å²) in [6.45, 7) is 6.22. The van der Waals surface area contributed by atoms with E-state index in [9.17, 15) is 14.7 Å². The lowest BCUT2D eigenvalue weighted by molar-refractivity contribution is -0.133. The summed E-state index contributed by atoms with van der Waals surface area (Å²) in [4.78, 5) is 37.0. The summed E-state index contributed by atoms with van der Waals surface area (Å²) in [5.41, 5.74) is 3.17. The number of aromatic nitrogens is 1. The fraction of sp³-hybridized carbons (Fsp3) is 0.633. The van der Waals surface area contributed by atoms with Crippen LogP contribution in [0, 0.1) is 12.8 Å². The highest BCUT2D eigenvalue weighted by Crippen LogP contribution is 2.31. The Labute approximate surface area is 220 Å². The van der Waals surface area contributed by atoms with Gasteiger partial charge in [0.25, 0.3) is 0 Å². The van der Waals surface area contributed by atoms with Crippen molar-refractivity contribution in [3.8, 4) is 0 Å². The molecule has 200 valence electrons. The van der Waals surface area contributed by atoms with Crippen LogP contribution in [0.5, 0.6) is 0 Å². The molecule has 1 saturated carbocycles. The predicted octanol–water partition coefficient (Wildman–Crippen LogP) is 4.43. The Morgan fingerprint density at radius 1 is 1.11 bits per heavy atom. The smallest absolute Gasteiger partial charge is 0.223 e. The highest BCUT2D eigenvalue weighted by atomic mass is 16.3. The third-order valence-electron chi connectivity index (χ3n) is 8.40. The van der Waals surface area contributed by atoms with E-state index < -0.39 is 0 Å². The van der Waals surface area contributed by atoms with Crippen LogP contribution in [-0.2, 0) is 16.1 Å². The van der Waals surface area contributed by atoms with Crippen LogP contribution in [0.3, 0.4) is 0 Å². The van der Waals surface area contributed by atoms with E-state index in [4.69, 9.17) is 4.98 Å². The first kappa shape index (κ1) is 26.0. The van der Waals surface area contributed by atoms with Crippen LogP contribution in [0.15, 0.2) is 24.3 Å². The van der Waals surface area contributed by atoms with E-state index in [0.717, 1.165) is 73.9 Å². The Hall–Kier alpha value is -2.67. The number of aliphatic hydroxyl groups is 1. The molecule has 7 nitrogen and oxygen atoms in total. The molecule has 37 heavy (non-hydrogen) atoms. The standard InChI is InChI=1S/C30H42N4O3/c1-22-11-12-24-19-25(30(31-27(24)17-22)34-14-4-9-26(35)21-34)20-33(29(37)18-23-7-2-3-8-23)16-6-15-32-13-5-10-28(32)36/h11-12,17,19,23,26,35H,2-10,13-16,18,20-21H2,1H3. The number of hydrogen-bond acceptors (Lipinski definition) is 5. The number of nitrogens with zero attached hydrogens (tertiary/aromatic N) is 4. The molecule has 7 heteroatoms. The molecule has 3 fully saturated rings. The average Bonchev–Trinajstić information content (AvgIpc) is 3.54. The zero-order valence-electron chi connectivity index (χ0n) is 22.3. The van der Waals surface area contributed by atoms with Gasteiger partial charge in [0.1, 0.15) is 5.82 Å². The second kappa shape index (κ2) is 11.8. The van der Waals surface area contributed by atoms with Crippen molar-refractivity contribution in [2.45, 2.75) is 83.8 Å². The molecule has 1 aromatic carbocycles. The number of amides is 2. The van der Waals surface area contributed by atoms with Crippen molar-refractivity contribution in [3.63, 3.8) is 0 Å². The van der Waals surface area contributed by atoms with E-state index in [1.165, 1.54) is 18.4 Å². The molecule has 1 unspecified atom stereocenters. The van der Waals surface area contributed by atoms with Crippen LogP contribution < -0.4 is 4.90 Å². The number of aliphatic hydroxyl groups excluding tert-OH is 1. The van der Waals surface area contributed by atoms with Gasteiger partial charge in [-0.25, -0.2) is 4.98 Å². The molecule has 2 aliphatic heterocycles. The molecule has 2 amide bonds. The Bertz CT molecular complexity index is 1110. The fourth-order valence-electron chi connectivity index (χ4n) is 6.33. The second-order valence-electron chi connectivity index (χ2n) is 11.4. The van der Waals surface area contributed by atoms with Crippen LogP contribution in [-0.4, -0.2) is 70.5 Å². The maximum Gasteiger partial charge on any atom is 0.223 e. The molecular weight excluding hydrogens is 464 g/mol. The molecule has 0 radical (unpaired) electrons. The van der Waals surface area contributed by atoms with E-state index >= 15 is 0 Å². The van der Waals surface area contributed by atoms with Crippen LogP contribution in [0.4, 0.5) is 5.82 Å². The van der Waals surface area contributed by atoms with Crippen LogP contribution >= 0.6 is 0 Å². The maximum absolute atomic E-state index is 13.6. The molecule has 0 spiro atoms. The molecule has 1 aliphatic carbocycles. The number of anilines is 1. The number of rotatable bonds is 9. The minimum Gasteiger partial charge on any atom is -0.391 e. The minimum atomic E-state index is -0.352. The van der Waals surface area contributed by atoms with Gasteiger partial charge < -0.3 is 19.8 Å². The molecule has 1 aromatic heterocycles. The largest absolute Gasteiger partial charge is 0.391 e. The lowest BCUT2D eigenvalue weighted by atomic mass is 10.0. The van der Waals surface area contributed by atoms with Gasteiger partial charge in [0.15, 0.2) is 0 Å². The molecule has 2 aromatic rings. The van der Waals surface area contributed by atoms with E-state index in [1.807, 2.05) is 9.80 Å². The molecule has 3 heterocycles. The van der Waals surface area contributed by atoms with E-state index in [-0.39, 0.29) is 17.9 Å². The van der Waals surface area contributed by atoms with Gasteiger partial charge in [-0.05, 0) is 69.1 Å². The van der Waals surface area contributed by atoms with Gasteiger partial charge in [-0.15, -0.1) is 0 Å². The zero-order chi connectivity index (χ0) is 25.8. The summed E-state index contributed by atoms with van der Waals surface area (Å²) in [7, 11) is 0. The van der Waals surface area contributed by atoms with Crippen LogP contribution in [0.1, 0.15) is 75.3 Å². The van der Waals surface area contributed by atoms with Gasteiger partial charge in [0.2, 0.25) is 11.8 Å². The number of carbonyl (C=O) groups excluding carboxylic acids is 2. The lowest BCUT2D eigenvalue weighted by Gasteiger charge is -2.34. The number of benzene rings is 1. The second-order valence-corrected chi connectivity index (χ2v) is 11.4. The number of pyridine rings is 1. The van der Waals surface area contributed by atoms with Crippen molar-refractivity contribution < 1.29 is 14.7 Å². The first-order chi connectivity index (χ1) is 18.0. The molecule has 3 aliphatic rings. The summed E-state index contributed by atoms with van der Waals surface area (Å²) in [6.07, 6.45) is 9.14. The summed E-state index contributed by atoms with van der Waals surface area (Å²) >= 11 is 0. The van der Waals surface area contributed by atoms with E-state index in [1.54, 1.807) is 0 Å². The van der Waals surface area contributed by atoms with Crippen molar-refractivity contribution in [2.75, 3.05) is 37.6 Å². The number of β-amino-alcohol motifs (C(OH)–C–C–N with tert-alkyl or cyclic N) is 1. The SMILES string of the molecule is Cc1ccc2cc(CN(CCCN3CCCC3=O)C(=O)CC3CCCC3)c(N3CCCC(O)C3)nc2c1. The summed E-state index contributed by atoms with van der Waals surface area (Å²) < 4.78 is 0. The van der Waals surface area contributed by atoms with Crippen LogP contribution in [0.2, 0.25) is 0 Å². The Morgan fingerprint density at radius 3 is 2.70 bits per heavy atom. The number of hydrogen-bond donors (Lipinski definition) is 1. The normalized spacial score (nSPS) is 20.8. The number of aryl methyl sites for hydroxylation is 1. The number of carbonyl (C=O) groups is 2. The van der Waals surface area contributed by atoms with Gasteiger partial charge in [0, 0.05) is 63.1 Å². The van der Waals surface area contributed by atoms with Crippen molar-refractivity contribution in [1.29, 1.82) is 0 Å². The Morgan fingerprint density at radius 2 is 1.95 bits per heavy atom. The highest BCUT2D eigenvalue weighted by Gasteiger charge is 2.27. The van der Waals surface area contributed by atoms with E-state index in [2.05, 4.69) is 36.1 Å². The van der Waals surface area contributed by atoms with Gasteiger partial charge in [0.05, 0.1) is 11.6 Å². The molecule has 5 rings (SSSR count). The third kappa shape index (κ3) is 6.43. The predicted molar refractivity (Wildman–Crippen MR) is 146 cm³/mol. The quantitative estimate of drug-likeness (QED) is 0.545. The monoisotopic (exact) mass is 506 g/mol. The van der Waals surface area contributed by atoms with E-state index in [0.29, 0.717) is 44.9 Å². The first-order valence-electron chi connectivity index (χ1n) is 14.3. The van der Waals surface area contributed by atoms with Crippen molar-refractivity contribution >= 4 is 28.5 Å². The summed E-state index contributed by atoms with van der Waals surface area (Å²) in [5, 5.41) is 11.5. The first-order valence-corrected chi connectivity index (χ1v) is 14.3. The van der Waals surface area contributed by atoms with Crippen molar-refractivity contribution in [1.82, 2.24) is 14.8 Å². The number of fused-ring (bicyclic) bond motifs is 1. The Kier molecular flexibility index (Phi) is 8.28. The average molecular weight is 507 g/mol. The van der Waals surface area contributed by atoms with Gasteiger partial charge in [-0.3, -0.25) is 9.59 Å².